The summed E-state index contributed by atoms with van der Waals surface area (Å²) in [5.41, 5.74) is 1.49. The van der Waals surface area contributed by atoms with Crippen molar-refractivity contribution in [3.63, 3.8) is 0 Å². The van der Waals surface area contributed by atoms with Crippen molar-refractivity contribution in [3.05, 3.63) is 59.2 Å². The van der Waals surface area contributed by atoms with Gasteiger partial charge in [0.1, 0.15) is 5.75 Å². The molecule has 34 heavy (non-hydrogen) atoms. The van der Waals surface area contributed by atoms with Crippen molar-refractivity contribution in [2.45, 2.75) is 25.9 Å². The van der Waals surface area contributed by atoms with Crippen LogP contribution in [0.5, 0.6) is 5.75 Å². The molecule has 178 valence electrons. The molecular weight excluding hydrogens is 434 g/mol. The van der Waals surface area contributed by atoms with E-state index in [1.54, 1.807) is 42.5 Å². The molecule has 2 fully saturated rings. The molecule has 8 nitrogen and oxygen atoms in total. The van der Waals surface area contributed by atoms with Crippen molar-refractivity contribution in [2.75, 3.05) is 50.8 Å². The topological polar surface area (TPSA) is 79.4 Å². The minimum atomic E-state index is -0.416. The van der Waals surface area contributed by atoms with Crippen LogP contribution in [0, 0.1) is 0 Å². The second-order valence-corrected chi connectivity index (χ2v) is 8.86. The highest BCUT2D eigenvalue weighted by molar-refractivity contribution is 6.34. The first kappa shape index (κ1) is 22.6. The van der Waals surface area contributed by atoms with Crippen LogP contribution in [0.2, 0.25) is 0 Å². The van der Waals surface area contributed by atoms with Crippen LogP contribution in [-0.2, 0) is 4.74 Å². The van der Waals surface area contributed by atoms with Crippen LogP contribution in [0.3, 0.4) is 0 Å². The van der Waals surface area contributed by atoms with Gasteiger partial charge in [0.05, 0.1) is 29.5 Å². The van der Waals surface area contributed by atoms with Gasteiger partial charge in [0.2, 0.25) is 0 Å². The van der Waals surface area contributed by atoms with Gasteiger partial charge in [0, 0.05) is 44.9 Å². The molecule has 2 aromatic rings. The van der Waals surface area contributed by atoms with Crippen LogP contribution in [-0.4, -0.2) is 79.6 Å². The Morgan fingerprint density at radius 3 is 2.41 bits per heavy atom. The van der Waals surface area contributed by atoms with E-state index in [1.807, 2.05) is 11.8 Å². The average Bonchev–Trinajstić information content (AvgIpc) is 3.46. The average molecular weight is 464 g/mol. The lowest BCUT2D eigenvalue weighted by Crippen LogP contribution is -2.50. The summed E-state index contributed by atoms with van der Waals surface area (Å²) >= 11 is 0. The van der Waals surface area contributed by atoms with Crippen molar-refractivity contribution in [1.29, 1.82) is 0 Å². The van der Waals surface area contributed by atoms with Gasteiger partial charge in [-0.2, -0.15) is 0 Å². The fourth-order valence-corrected chi connectivity index (χ4v) is 4.86. The summed E-state index contributed by atoms with van der Waals surface area (Å²) in [7, 11) is 0. The van der Waals surface area contributed by atoms with E-state index in [2.05, 4.69) is 4.90 Å². The van der Waals surface area contributed by atoms with Gasteiger partial charge in [-0.25, -0.2) is 4.90 Å². The Bertz CT molecular complexity index is 1090. The van der Waals surface area contributed by atoms with E-state index in [0.29, 0.717) is 48.4 Å². The van der Waals surface area contributed by atoms with Crippen LogP contribution in [0.25, 0.3) is 0 Å². The molecule has 5 rings (SSSR count). The number of imide groups is 1. The molecule has 1 unspecified atom stereocenters. The molecule has 2 saturated heterocycles. The first-order valence-corrected chi connectivity index (χ1v) is 11.9. The summed E-state index contributed by atoms with van der Waals surface area (Å²) in [4.78, 5) is 44.5. The van der Waals surface area contributed by atoms with Crippen molar-refractivity contribution >= 4 is 23.4 Å². The van der Waals surface area contributed by atoms with E-state index in [4.69, 9.17) is 9.47 Å². The molecule has 0 aliphatic carbocycles. The van der Waals surface area contributed by atoms with Gasteiger partial charge in [-0.15, -0.1) is 0 Å². The number of rotatable bonds is 6. The highest BCUT2D eigenvalue weighted by atomic mass is 16.5. The maximum absolute atomic E-state index is 13.1. The number of ether oxygens (including phenoxy) is 2. The first-order chi connectivity index (χ1) is 16.5. The molecule has 8 heteroatoms. The largest absolute Gasteiger partial charge is 0.494 e. The third-order valence-corrected chi connectivity index (χ3v) is 6.68. The zero-order valence-corrected chi connectivity index (χ0v) is 19.4. The Kier molecular flexibility index (Phi) is 6.34. The van der Waals surface area contributed by atoms with E-state index in [9.17, 15) is 14.4 Å². The summed E-state index contributed by atoms with van der Waals surface area (Å²) in [6.45, 7) is 7.06. The Balaban J connectivity index is 1.26. The Morgan fingerprint density at radius 1 is 1.00 bits per heavy atom. The Morgan fingerprint density at radius 2 is 1.74 bits per heavy atom. The summed E-state index contributed by atoms with van der Waals surface area (Å²) in [6.07, 6.45) is 2.54. The molecule has 0 spiro atoms. The maximum Gasteiger partial charge on any atom is 0.266 e. The number of piperazine rings is 1. The van der Waals surface area contributed by atoms with E-state index in [-0.39, 0.29) is 17.4 Å². The zero-order chi connectivity index (χ0) is 23.7. The molecule has 0 bridgehead atoms. The number of carbonyl (C=O) groups is 3. The molecule has 1 atom stereocenters. The second-order valence-electron chi connectivity index (χ2n) is 8.86. The SMILES string of the molecule is CCOc1ccc(N2C(=O)c3ccc(C(=O)N4CCN(CC5CCCO5)CC4)cc3C2=O)cc1. The fraction of sp³-hybridized carbons (Fsp3) is 0.423. The number of anilines is 1. The predicted octanol–water partition coefficient (Wildman–Crippen LogP) is 2.82. The minimum Gasteiger partial charge on any atom is -0.494 e. The van der Waals surface area contributed by atoms with Crippen LogP contribution in [0.1, 0.15) is 50.8 Å². The monoisotopic (exact) mass is 463 g/mol. The smallest absolute Gasteiger partial charge is 0.266 e. The third-order valence-electron chi connectivity index (χ3n) is 6.68. The molecule has 3 heterocycles. The lowest BCUT2D eigenvalue weighted by atomic mass is 10.0. The number of fused-ring (bicyclic) bond motifs is 1. The third kappa shape index (κ3) is 4.31. The molecule has 3 aliphatic heterocycles. The number of hydrogen-bond acceptors (Lipinski definition) is 6. The van der Waals surface area contributed by atoms with Crippen LogP contribution in [0.15, 0.2) is 42.5 Å². The van der Waals surface area contributed by atoms with Gasteiger partial charge < -0.3 is 14.4 Å². The molecule has 3 amide bonds. The number of hydrogen-bond donors (Lipinski definition) is 0. The van der Waals surface area contributed by atoms with E-state index < -0.39 is 5.91 Å². The van der Waals surface area contributed by atoms with Crippen LogP contribution in [0.4, 0.5) is 5.69 Å². The molecular formula is C26H29N3O5. The number of amides is 3. The molecule has 0 radical (unpaired) electrons. The van der Waals surface area contributed by atoms with E-state index in [1.165, 1.54) is 0 Å². The number of carbonyl (C=O) groups excluding carboxylic acids is 3. The molecule has 0 N–H and O–H groups in total. The molecule has 0 saturated carbocycles. The number of benzene rings is 2. The fourth-order valence-electron chi connectivity index (χ4n) is 4.86. The lowest BCUT2D eigenvalue weighted by Gasteiger charge is -2.35. The van der Waals surface area contributed by atoms with Crippen LogP contribution < -0.4 is 9.64 Å². The van der Waals surface area contributed by atoms with Gasteiger partial charge in [-0.1, -0.05) is 0 Å². The normalized spacial score (nSPS) is 20.7. The van der Waals surface area contributed by atoms with Crippen molar-refractivity contribution < 1.29 is 23.9 Å². The summed E-state index contributed by atoms with van der Waals surface area (Å²) in [5, 5.41) is 0. The Hall–Kier alpha value is -3.23. The maximum atomic E-state index is 13.1. The standard InChI is InChI=1S/C26H29N3O5/c1-2-33-20-8-6-19(7-9-20)29-25(31)22-10-5-18(16-23(22)26(29)32)24(30)28-13-11-27(12-14-28)17-21-4-3-15-34-21/h5-10,16,21H,2-4,11-15,17H2,1H3. The van der Waals surface area contributed by atoms with Gasteiger partial charge in [0.25, 0.3) is 17.7 Å². The highest BCUT2D eigenvalue weighted by Crippen LogP contribution is 2.30. The summed E-state index contributed by atoms with van der Waals surface area (Å²) in [5.74, 6) is -0.239. The van der Waals surface area contributed by atoms with E-state index >= 15 is 0 Å². The van der Waals surface area contributed by atoms with Crippen molar-refractivity contribution in [3.8, 4) is 5.75 Å². The van der Waals surface area contributed by atoms with Crippen molar-refractivity contribution in [2.24, 2.45) is 0 Å². The van der Waals surface area contributed by atoms with Gasteiger partial charge >= 0.3 is 0 Å². The van der Waals surface area contributed by atoms with Crippen molar-refractivity contribution in [1.82, 2.24) is 9.80 Å². The lowest BCUT2D eigenvalue weighted by molar-refractivity contribution is 0.0432. The Labute approximate surface area is 199 Å². The minimum absolute atomic E-state index is 0.112. The quantitative estimate of drug-likeness (QED) is 0.613. The molecule has 3 aliphatic rings. The molecule has 0 aromatic heterocycles. The second kappa shape index (κ2) is 9.56. The van der Waals surface area contributed by atoms with Gasteiger partial charge in [-0.05, 0) is 62.2 Å². The van der Waals surface area contributed by atoms with Crippen LogP contribution >= 0.6 is 0 Å². The predicted molar refractivity (Wildman–Crippen MR) is 127 cm³/mol. The zero-order valence-electron chi connectivity index (χ0n) is 19.4. The first-order valence-electron chi connectivity index (χ1n) is 11.9. The van der Waals surface area contributed by atoms with Gasteiger partial charge in [-0.3, -0.25) is 19.3 Å². The highest BCUT2D eigenvalue weighted by Gasteiger charge is 2.37. The number of nitrogens with zero attached hydrogens (tertiary/aromatic N) is 3. The van der Waals surface area contributed by atoms with E-state index in [0.717, 1.165) is 44.0 Å². The van der Waals surface area contributed by atoms with Gasteiger partial charge in [0.15, 0.2) is 0 Å². The summed E-state index contributed by atoms with van der Waals surface area (Å²) < 4.78 is 11.2. The molecule has 2 aromatic carbocycles. The summed E-state index contributed by atoms with van der Waals surface area (Å²) in [6, 6.07) is 11.6.